The largest absolute Gasteiger partial charge is 0.243 e. The van der Waals surface area contributed by atoms with Crippen molar-refractivity contribution in [1.29, 1.82) is 0 Å². The Kier molecular flexibility index (Phi) is 3.40. The molecule has 1 fully saturated rings. The lowest BCUT2D eigenvalue weighted by Gasteiger charge is -2.11. The van der Waals surface area contributed by atoms with Crippen LogP contribution in [-0.4, -0.2) is 14.7 Å². The lowest BCUT2D eigenvalue weighted by Crippen LogP contribution is -2.49. The fraction of sp³-hybridized carbons (Fsp3) is 0.143. The van der Waals surface area contributed by atoms with E-state index in [1.54, 1.807) is 0 Å². The summed E-state index contributed by atoms with van der Waals surface area (Å²) in [7, 11) is -3.57. The lowest BCUT2D eigenvalue weighted by molar-refractivity contribution is 0.481. The molecule has 2 rings (SSSR count). The molecule has 16 heavy (non-hydrogen) atoms. The molecule has 1 aliphatic heterocycles. The van der Waals surface area contributed by atoms with Gasteiger partial charge in [-0.05, 0) is 24.3 Å². The molecule has 0 amide bonds. The first-order chi connectivity index (χ1) is 7.58. The van der Waals surface area contributed by atoms with Gasteiger partial charge < -0.3 is 0 Å². The Morgan fingerprint density at radius 1 is 1.12 bits per heavy atom. The van der Waals surface area contributed by atoms with Gasteiger partial charge in [-0.1, -0.05) is 11.6 Å². The number of benzene rings is 1. The van der Waals surface area contributed by atoms with Crippen molar-refractivity contribution >= 4 is 21.6 Å². The van der Waals surface area contributed by atoms with Gasteiger partial charge in [0.1, 0.15) is 0 Å². The normalized spacial score (nSPS) is 17.8. The molecule has 1 aromatic rings. The van der Waals surface area contributed by atoms with Crippen LogP contribution < -0.4 is 26.6 Å². The van der Waals surface area contributed by atoms with Crippen LogP contribution in [0.2, 0.25) is 5.02 Å². The van der Waals surface area contributed by atoms with E-state index in [4.69, 9.17) is 11.6 Å². The van der Waals surface area contributed by atoms with Gasteiger partial charge in [-0.25, -0.2) is 19.3 Å². The molecule has 1 heterocycles. The summed E-state index contributed by atoms with van der Waals surface area (Å²) < 4.78 is 26.0. The summed E-state index contributed by atoms with van der Waals surface area (Å²) in [5.41, 5.74) is 10.2. The first kappa shape index (κ1) is 11.7. The quantitative estimate of drug-likeness (QED) is 0.481. The Balaban J connectivity index is 2.14. The fourth-order valence-corrected chi connectivity index (χ4v) is 2.33. The molecule has 9 heteroatoms. The zero-order chi connectivity index (χ0) is 11.6. The van der Waals surface area contributed by atoms with Crippen LogP contribution in [0.3, 0.4) is 0 Å². The summed E-state index contributed by atoms with van der Waals surface area (Å²) in [6.07, 6.45) is -0.624. The molecule has 0 atom stereocenters. The average Bonchev–Trinajstić information content (AvgIpc) is 2.70. The third-order valence-corrected chi connectivity index (χ3v) is 3.58. The Bertz CT molecular complexity index is 456. The van der Waals surface area contributed by atoms with Gasteiger partial charge in [-0.2, -0.15) is 15.8 Å². The van der Waals surface area contributed by atoms with Crippen LogP contribution >= 0.6 is 11.6 Å². The maximum absolute atomic E-state index is 11.8. The van der Waals surface area contributed by atoms with E-state index in [9.17, 15) is 8.42 Å². The Hall–Kier alpha value is -0.740. The molecule has 0 aliphatic carbocycles. The van der Waals surface area contributed by atoms with E-state index >= 15 is 0 Å². The van der Waals surface area contributed by atoms with Crippen LogP contribution in [0, 0.1) is 0 Å². The molecule has 1 saturated heterocycles. The molecule has 5 N–H and O–H groups in total. The van der Waals surface area contributed by atoms with E-state index in [1.807, 2.05) is 0 Å². The predicted molar refractivity (Wildman–Crippen MR) is 58.1 cm³/mol. The topological polar surface area (TPSA) is 94.3 Å². The standard InChI is InChI=1S/C7H10ClN5O2S/c8-5-1-3-6(4-2-5)16(14,15)11-7-9-12-13-10-7/h1-4,7,9-13H. The molecule has 1 aliphatic rings. The smallest absolute Gasteiger partial charge is 0.211 e. The summed E-state index contributed by atoms with van der Waals surface area (Å²) >= 11 is 5.67. The van der Waals surface area contributed by atoms with Gasteiger partial charge in [0.25, 0.3) is 0 Å². The number of nitrogens with one attached hydrogen (secondary N) is 5. The molecule has 0 aromatic heterocycles. The monoisotopic (exact) mass is 263 g/mol. The molecule has 88 valence electrons. The molecule has 0 radical (unpaired) electrons. The second kappa shape index (κ2) is 4.63. The zero-order valence-corrected chi connectivity index (χ0v) is 9.56. The molecule has 0 spiro atoms. The van der Waals surface area contributed by atoms with Crippen molar-refractivity contribution in [2.24, 2.45) is 0 Å². The maximum Gasteiger partial charge on any atom is 0.243 e. The van der Waals surface area contributed by atoms with Crippen molar-refractivity contribution in [2.75, 3.05) is 0 Å². The van der Waals surface area contributed by atoms with Crippen molar-refractivity contribution < 1.29 is 8.42 Å². The molecule has 0 saturated carbocycles. The molecule has 1 aromatic carbocycles. The third kappa shape index (κ3) is 2.68. The average molecular weight is 264 g/mol. The molecule has 0 bridgehead atoms. The van der Waals surface area contributed by atoms with Crippen LogP contribution in [0.4, 0.5) is 0 Å². The first-order valence-corrected chi connectivity index (χ1v) is 6.23. The maximum atomic E-state index is 11.8. The fourth-order valence-electron chi connectivity index (χ4n) is 1.15. The third-order valence-electron chi connectivity index (χ3n) is 1.89. The van der Waals surface area contributed by atoms with Gasteiger partial charge in [0.2, 0.25) is 10.0 Å². The first-order valence-electron chi connectivity index (χ1n) is 4.37. The SMILES string of the molecule is O=S(=O)(NC1NNNN1)c1ccc(Cl)cc1. The predicted octanol–water partition coefficient (Wildman–Crippen LogP) is -0.981. The Morgan fingerprint density at radius 2 is 1.69 bits per heavy atom. The summed E-state index contributed by atoms with van der Waals surface area (Å²) in [4.78, 5) is 0.146. The van der Waals surface area contributed by atoms with Gasteiger partial charge in [-0.3, -0.25) is 0 Å². The van der Waals surface area contributed by atoms with E-state index in [0.717, 1.165) is 0 Å². The second-order valence-electron chi connectivity index (χ2n) is 3.05. The van der Waals surface area contributed by atoms with Gasteiger partial charge in [-0.15, -0.1) is 0 Å². The van der Waals surface area contributed by atoms with Crippen molar-refractivity contribution in [3.05, 3.63) is 29.3 Å². The summed E-state index contributed by atoms with van der Waals surface area (Å²) in [5.74, 6) is 0. The molecule has 7 nitrogen and oxygen atoms in total. The second-order valence-corrected chi connectivity index (χ2v) is 5.20. The summed E-state index contributed by atoms with van der Waals surface area (Å²) in [5, 5.41) is 0.486. The minimum absolute atomic E-state index is 0.146. The van der Waals surface area contributed by atoms with E-state index in [-0.39, 0.29) is 4.90 Å². The highest BCUT2D eigenvalue weighted by atomic mass is 35.5. The summed E-state index contributed by atoms with van der Waals surface area (Å²) in [6, 6.07) is 5.89. The van der Waals surface area contributed by atoms with Crippen molar-refractivity contribution in [1.82, 2.24) is 26.6 Å². The van der Waals surface area contributed by atoms with E-state index in [1.165, 1.54) is 24.3 Å². The van der Waals surface area contributed by atoms with Crippen LogP contribution in [-0.2, 0) is 10.0 Å². The highest BCUT2D eigenvalue weighted by Gasteiger charge is 2.21. The minimum atomic E-state index is -3.57. The van der Waals surface area contributed by atoms with Gasteiger partial charge >= 0.3 is 0 Å². The van der Waals surface area contributed by atoms with Gasteiger partial charge in [0, 0.05) is 5.02 Å². The van der Waals surface area contributed by atoms with Crippen molar-refractivity contribution in [3.63, 3.8) is 0 Å². The van der Waals surface area contributed by atoms with Crippen LogP contribution in [0.5, 0.6) is 0 Å². The van der Waals surface area contributed by atoms with Crippen LogP contribution in [0.25, 0.3) is 0 Å². The minimum Gasteiger partial charge on any atom is -0.211 e. The summed E-state index contributed by atoms with van der Waals surface area (Å²) in [6.45, 7) is 0. The Labute approximate surface area is 97.5 Å². The molecule has 0 unspecified atom stereocenters. The number of hydrazine groups is 3. The van der Waals surface area contributed by atoms with Gasteiger partial charge in [0.05, 0.1) is 4.90 Å². The highest BCUT2D eigenvalue weighted by molar-refractivity contribution is 7.89. The van der Waals surface area contributed by atoms with Crippen LogP contribution in [0.15, 0.2) is 29.2 Å². The highest BCUT2D eigenvalue weighted by Crippen LogP contribution is 2.13. The number of halogens is 1. The molecular weight excluding hydrogens is 254 g/mol. The number of hydrogen-bond donors (Lipinski definition) is 5. The van der Waals surface area contributed by atoms with E-state index < -0.39 is 16.3 Å². The number of sulfonamides is 1. The van der Waals surface area contributed by atoms with Crippen molar-refractivity contribution in [2.45, 2.75) is 11.2 Å². The zero-order valence-electron chi connectivity index (χ0n) is 7.99. The van der Waals surface area contributed by atoms with Crippen molar-refractivity contribution in [3.8, 4) is 0 Å². The van der Waals surface area contributed by atoms with E-state index in [2.05, 4.69) is 26.6 Å². The van der Waals surface area contributed by atoms with Crippen LogP contribution in [0.1, 0.15) is 0 Å². The lowest BCUT2D eigenvalue weighted by atomic mass is 10.4. The molecular formula is C7H10ClN5O2S. The Morgan fingerprint density at radius 3 is 2.25 bits per heavy atom. The van der Waals surface area contributed by atoms with Gasteiger partial charge in [0.15, 0.2) is 6.29 Å². The number of hydrogen-bond acceptors (Lipinski definition) is 6. The van der Waals surface area contributed by atoms with E-state index in [0.29, 0.717) is 5.02 Å². The number of rotatable bonds is 3.